The van der Waals surface area contributed by atoms with Crippen LogP contribution in [0.3, 0.4) is 0 Å². The van der Waals surface area contributed by atoms with Crippen LogP contribution in [0.5, 0.6) is 11.6 Å². The zero-order chi connectivity index (χ0) is 18.3. The van der Waals surface area contributed by atoms with E-state index in [9.17, 15) is 20.2 Å². The van der Waals surface area contributed by atoms with Gasteiger partial charge in [-0.15, -0.1) is 0 Å². The maximum absolute atomic E-state index is 12.7. The van der Waals surface area contributed by atoms with Crippen LogP contribution < -0.4 is 10.3 Å². The zero-order valence-electron chi connectivity index (χ0n) is 12.9. The molecule has 0 N–H and O–H groups in total. The van der Waals surface area contributed by atoms with Crippen LogP contribution in [0.25, 0.3) is 15.2 Å². The molecule has 0 radical (unpaired) electrons. The second kappa shape index (κ2) is 5.94. The van der Waals surface area contributed by atoms with Crippen LogP contribution in [0.2, 0.25) is 0 Å². The molecule has 2 aromatic heterocycles. The molecule has 0 spiro atoms. The topological polar surface area (TPSA) is 111 Å². The normalized spacial score (nSPS) is 10.7. The number of non-ortho nitro benzene ring substituents is 1. The van der Waals surface area contributed by atoms with Gasteiger partial charge in [-0.2, -0.15) is 10.2 Å². The van der Waals surface area contributed by atoms with Gasteiger partial charge in [0.05, 0.1) is 15.1 Å². The third-order valence-electron chi connectivity index (χ3n) is 3.70. The molecular weight excluding hydrogens is 356 g/mol. The number of nitro benzene ring substituents is 1. The Balaban J connectivity index is 1.87. The van der Waals surface area contributed by atoms with Crippen LogP contribution in [0.4, 0.5) is 5.69 Å². The fourth-order valence-corrected chi connectivity index (χ4v) is 3.52. The number of fused-ring (bicyclic) bond motifs is 3. The van der Waals surface area contributed by atoms with Crippen molar-refractivity contribution in [2.45, 2.75) is 0 Å². The summed E-state index contributed by atoms with van der Waals surface area (Å²) in [6, 6.07) is 14.4. The molecule has 26 heavy (non-hydrogen) atoms. The summed E-state index contributed by atoms with van der Waals surface area (Å²) < 4.78 is 7.79. The minimum absolute atomic E-state index is 0.0918. The Labute approximate surface area is 149 Å². The third-order valence-corrected chi connectivity index (χ3v) is 4.72. The van der Waals surface area contributed by atoms with Gasteiger partial charge in [0, 0.05) is 12.1 Å². The summed E-state index contributed by atoms with van der Waals surface area (Å²) in [5.41, 5.74) is -0.175. The van der Waals surface area contributed by atoms with Gasteiger partial charge in [-0.1, -0.05) is 23.5 Å². The van der Waals surface area contributed by atoms with E-state index in [1.807, 2.05) is 18.2 Å². The van der Waals surface area contributed by atoms with Crippen molar-refractivity contribution in [1.82, 2.24) is 9.38 Å². The first kappa shape index (κ1) is 15.7. The lowest BCUT2D eigenvalue weighted by molar-refractivity contribution is -0.384. The first-order valence-electron chi connectivity index (χ1n) is 7.35. The van der Waals surface area contributed by atoms with Gasteiger partial charge >= 0.3 is 0 Å². The highest BCUT2D eigenvalue weighted by Crippen LogP contribution is 2.28. The van der Waals surface area contributed by atoms with Crippen molar-refractivity contribution in [1.29, 1.82) is 5.26 Å². The number of hydrogen-bond acceptors (Lipinski definition) is 7. The molecule has 0 saturated carbocycles. The summed E-state index contributed by atoms with van der Waals surface area (Å²) in [7, 11) is 0. The number of para-hydroxylation sites is 1. The minimum Gasteiger partial charge on any atom is -0.437 e. The van der Waals surface area contributed by atoms with Crippen molar-refractivity contribution in [2.75, 3.05) is 0 Å². The monoisotopic (exact) mass is 364 g/mol. The Morgan fingerprint density at radius 2 is 1.92 bits per heavy atom. The molecule has 0 bridgehead atoms. The predicted molar refractivity (Wildman–Crippen MR) is 94.7 cm³/mol. The van der Waals surface area contributed by atoms with Gasteiger partial charge in [-0.25, -0.2) is 4.40 Å². The second-order valence-electron chi connectivity index (χ2n) is 5.25. The largest absolute Gasteiger partial charge is 0.437 e. The number of nitriles is 1. The van der Waals surface area contributed by atoms with E-state index in [1.54, 1.807) is 12.1 Å². The van der Waals surface area contributed by atoms with Crippen molar-refractivity contribution in [3.63, 3.8) is 0 Å². The summed E-state index contributed by atoms with van der Waals surface area (Å²) in [6.07, 6.45) is 0. The van der Waals surface area contributed by atoms with Crippen molar-refractivity contribution in [3.8, 4) is 17.7 Å². The fraction of sp³-hybridized carbons (Fsp3) is 0. The van der Waals surface area contributed by atoms with Gasteiger partial charge in [0.2, 0.25) is 10.8 Å². The van der Waals surface area contributed by atoms with Crippen molar-refractivity contribution in [2.24, 2.45) is 0 Å². The van der Waals surface area contributed by atoms with Gasteiger partial charge < -0.3 is 4.74 Å². The molecule has 0 fully saturated rings. The number of nitro groups is 1. The molecule has 4 aromatic rings. The molecule has 0 saturated heterocycles. The van der Waals surface area contributed by atoms with Crippen LogP contribution in [-0.2, 0) is 0 Å². The highest BCUT2D eigenvalue weighted by molar-refractivity contribution is 7.23. The Morgan fingerprint density at radius 1 is 1.19 bits per heavy atom. The van der Waals surface area contributed by atoms with E-state index in [2.05, 4.69) is 4.98 Å². The number of ether oxygens (including phenoxy) is 1. The summed E-state index contributed by atoms with van der Waals surface area (Å²) in [5.74, 6) is 0.113. The Morgan fingerprint density at radius 3 is 2.62 bits per heavy atom. The maximum atomic E-state index is 12.7. The van der Waals surface area contributed by atoms with Crippen molar-refractivity contribution in [3.05, 3.63) is 74.6 Å². The molecule has 2 aromatic carbocycles. The maximum Gasteiger partial charge on any atom is 0.280 e. The Hall–Kier alpha value is -3.77. The number of nitrogens with zero attached hydrogens (tertiary/aromatic N) is 4. The standard InChI is InChI=1S/C17H8N4O4S/c18-9-12-15(25-11-7-5-10(6-8-11)21(23)24)19-17-20(16(12)22)13-3-1-2-4-14(13)26-17/h1-8H. The first-order chi connectivity index (χ1) is 12.6. The quantitative estimate of drug-likeness (QED) is 0.406. The van der Waals surface area contributed by atoms with Gasteiger partial charge in [-0.05, 0) is 24.3 Å². The lowest BCUT2D eigenvalue weighted by Crippen LogP contribution is -2.17. The number of rotatable bonds is 3. The SMILES string of the molecule is N#Cc1c(Oc2ccc([N+](=O)[O-])cc2)nc2sc3ccccc3n2c1=O. The van der Waals surface area contributed by atoms with Gasteiger partial charge in [0.1, 0.15) is 11.8 Å². The Kier molecular flexibility index (Phi) is 3.60. The lowest BCUT2D eigenvalue weighted by atomic mass is 10.3. The molecule has 8 nitrogen and oxygen atoms in total. The van der Waals surface area contributed by atoms with Crippen LogP contribution in [0.15, 0.2) is 53.3 Å². The first-order valence-corrected chi connectivity index (χ1v) is 8.17. The number of hydrogen-bond donors (Lipinski definition) is 0. The van der Waals surface area contributed by atoms with Crippen molar-refractivity contribution >= 4 is 32.2 Å². The average molecular weight is 364 g/mol. The minimum atomic E-state index is -0.529. The Bertz CT molecular complexity index is 1270. The van der Waals surface area contributed by atoms with Gasteiger partial charge in [0.15, 0.2) is 5.56 Å². The van der Waals surface area contributed by atoms with Crippen LogP contribution in [-0.4, -0.2) is 14.3 Å². The molecule has 0 aliphatic carbocycles. The molecule has 0 atom stereocenters. The number of benzene rings is 2. The highest BCUT2D eigenvalue weighted by atomic mass is 32.1. The molecule has 126 valence electrons. The smallest absolute Gasteiger partial charge is 0.280 e. The summed E-state index contributed by atoms with van der Waals surface area (Å²) >= 11 is 1.30. The van der Waals surface area contributed by atoms with E-state index in [0.717, 1.165) is 4.70 Å². The predicted octanol–water partition coefficient (Wildman–Crippen LogP) is 3.48. The van der Waals surface area contributed by atoms with E-state index in [0.29, 0.717) is 10.5 Å². The van der Waals surface area contributed by atoms with E-state index >= 15 is 0 Å². The van der Waals surface area contributed by atoms with Crippen LogP contribution >= 0.6 is 11.3 Å². The molecule has 0 aliphatic heterocycles. The van der Waals surface area contributed by atoms with Crippen molar-refractivity contribution < 1.29 is 9.66 Å². The third kappa shape index (κ3) is 2.45. The molecule has 4 rings (SSSR count). The van der Waals surface area contributed by atoms with Gasteiger partial charge in [0.25, 0.3) is 11.2 Å². The molecular formula is C17H8N4O4S. The summed E-state index contributed by atoms with van der Waals surface area (Å²) in [5, 5.41) is 20.1. The molecule has 2 heterocycles. The van der Waals surface area contributed by atoms with Crippen LogP contribution in [0.1, 0.15) is 5.56 Å². The van der Waals surface area contributed by atoms with E-state index in [4.69, 9.17) is 4.74 Å². The summed E-state index contributed by atoms with van der Waals surface area (Å²) in [6.45, 7) is 0. The molecule has 0 unspecified atom stereocenters. The van der Waals surface area contributed by atoms with Crippen LogP contribution in [0, 0.1) is 21.4 Å². The van der Waals surface area contributed by atoms with E-state index < -0.39 is 10.5 Å². The average Bonchev–Trinajstić information content (AvgIpc) is 3.01. The summed E-state index contributed by atoms with van der Waals surface area (Å²) in [4.78, 5) is 27.6. The molecule has 9 heteroatoms. The highest BCUT2D eigenvalue weighted by Gasteiger charge is 2.18. The number of thiazole rings is 1. The lowest BCUT2D eigenvalue weighted by Gasteiger charge is -2.06. The van der Waals surface area contributed by atoms with E-state index in [1.165, 1.54) is 40.0 Å². The zero-order valence-corrected chi connectivity index (χ0v) is 13.8. The van der Waals surface area contributed by atoms with Gasteiger partial charge in [-0.3, -0.25) is 14.9 Å². The molecule has 0 amide bonds. The molecule has 0 aliphatic rings. The number of aromatic nitrogens is 2. The second-order valence-corrected chi connectivity index (χ2v) is 6.26. The van der Waals surface area contributed by atoms with E-state index in [-0.39, 0.29) is 22.9 Å². The fourth-order valence-electron chi connectivity index (χ4n) is 2.51.